The molecule has 8 rings (SSSR count). The van der Waals surface area contributed by atoms with Crippen molar-refractivity contribution < 1.29 is 23.8 Å². The van der Waals surface area contributed by atoms with Crippen molar-refractivity contribution >= 4 is 28.2 Å². The van der Waals surface area contributed by atoms with Crippen molar-refractivity contribution in [2.75, 3.05) is 55.8 Å². The van der Waals surface area contributed by atoms with E-state index in [0.717, 1.165) is 52.2 Å². The number of hydrogen-bond acceptors (Lipinski definition) is 8. The highest BCUT2D eigenvalue weighted by Gasteiger charge is 2.46. The second-order valence-electron chi connectivity index (χ2n) is 12.7. The minimum Gasteiger partial charge on any atom is -0.508 e. The first-order chi connectivity index (χ1) is 20.4. The van der Waals surface area contributed by atoms with Crippen LogP contribution in [0.5, 0.6) is 11.8 Å². The average Bonchev–Trinajstić information content (AvgIpc) is 3.78. The number of anilines is 2. The Kier molecular flexibility index (Phi) is 6.08. The van der Waals surface area contributed by atoms with Crippen LogP contribution in [-0.2, 0) is 17.7 Å². The molecule has 2 unspecified atom stereocenters. The largest absolute Gasteiger partial charge is 0.508 e. The highest BCUT2D eigenvalue weighted by atomic mass is 19.1. The van der Waals surface area contributed by atoms with Gasteiger partial charge < -0.3 is 24.4 Å². The molecule has 42 heavy (non-hydrogen) atoms. The van der Waals surface area contributed by atoms with Gasteiger partial charge in [-0.15, -0.1) is 0 Å². The summed E-state index contributed by atoms with van der Waals surface area (Å²) in [6.45, 7) is 7.81. The number of hydrogen-bond donors (Lipinski definition) is 1. The Labute approximate surface area is 244 Å². The number of rotatable bonds is 6. The van der Waals surface area contributed by atoms with E-state index in [9.17, 15) is 14.3 Å². The molecule has 6 heterocycles. The van der Waals surface area contributed by atoms with E-state index in [-0.39, 0.29) is 29.6 Å². The van der Waals surface area contributed by atoms with Crippen LogP contribution in [0.25, 0.3) is 10.8 Å². The van der Waals surface area contributed by atoms with Crippen LogP contribution in [0.3, 0.4) is 0 Å². The summed E-state index contributed by atoms with van der Waals surface area (Å²) in [5.74, 6) is 0.874. The van der Waals surface area contributed by atoms with E-state index in [1.807, 2.05) is 6.92 Å². The smallest absolute Gasteiger partial charge is 0.318 e. The maximum absolute atomic E-state index is 15.0. The molecule has 2 atom stereocenters. The van der Waals surface area contributed by atoms with Crippen molar-refractivity contribution in [1.82, 2.24) is 14.9 Å². The Hall–Kier alpha value is -3.50. The van der Waals surface area contributed by atoms with Crippen LogP contribution in [0.2, 0.25) is 0 Å². The van der Waals surface area contributed by atoms with Gasteiger partial charge in [-0.1, -0.05) is 13.0 Å². The third-order valence-corrected chi connectivity index (χ3v) is 10.3. The molecule has 3 aromatic rings. The molecule has 2 aromatic carbocycles. The van der Waals surface area contributed by atoms with Gasteiger partial charge in [-0.2, -0.15) is 9.97 Å². The number of aromatic hydroxyl groups is 1. The monoisotopic (exact) mass is 573 g/mol. The van der Waals surface area contributed by atoms with E-state index in [0.29, 0.717) is 70.0 Å². The molecule has 0 bridgehead atoms. The van der Waals surface area contributed by atoms with Crippen LogP contribution in [0, 0.1) is 17.7 Å². The summed E-state index contributed by atoms with van der Waals surface area (Å²) in [5.41, 5.74) is 2.12. The molecular formula is C32H36FN5O4. The first kappa shape index (κ1) is 26.2. The number of phenolic OH excluding ortho intramolecular Hbond substituents is 1. The molecule has 0 radical (unpaired) electrons. The van der Waals surface area contributed by atoms with Gasteiger partial charge in [0.1, 0.15) is 29.6 Å². The summed E-state index contributed by atoms with van der Waals surface area (Å²) in [6, 6.07) is 6.54. The summed E-state index contributed by atoms with van der Waals surface area (Å²) in [6.07, 6.45) is 5.05. The topological polar surface area (TPSA) is 91.3 Å². The maximum atomic E-state index is 15.0. The SMILES string of the molecule is CCc1c(F)ccc2cc(O)cc(N3Cc4nc(OCC56CCCN5CCC6)nc(N5CC6COCC6C5)c4C3=O)c12. The summed E-state index contributed by atoms with van der Waals surface area (Å²) in [7, 11) is 0. The molecule has 10 heteroatoms. The van der Waals surface area contributed by atoms with Gasteiger partial charge in [0.15, 0.2) is 0 Å². The van der Waals surface area contributed by atoms with E-state index in [2.05, 4.69) is 9.80 Å². The van der Waals surface area contributed by atoms with Gasteiger partial charge in [-0.3, -0.25) is 9.69 Å². The van der Waals surface area contributed by atoms with Crippen LogP contribution >= 0.6 is 0 Å². The molecule has 220 valence electrons. The number of fused-ring (bicyclic) bond motifs is 4. The number of halogens is 1. The molecule has 4 fully saturated rings. The molecule has 1 aromatic heterocycles. The molecule has 1 N–H and O–H groups in total. The average molecular weight is 574 g/mol. The normalized spacial score (nSPS) is 24.6. The Balaban J connectivity index is 1.20. The standard InChI is InChI=1S/C32H36FN5O4/c1-2-23-24(33)6-5-19-11-22(39)12-26(27(19)23)38-15-25-28(30(38)40)29(36-13-20-16-41-17-21(20)14-36)35-31(34-25)42-18-32-7-3-9-37(32)10-4-8-32/h5-6,11-12,20-21,39H,2-4,7-10,13-18H2,1H3. The Morgan fingerprint density at radius 2 is 1.88 bits per heavy atom. The van der Waals surface area contributed by atoms with Crippen molar-refractivity contribution in [3.8, 4) is 11.8 Å². The lowest BCUT2D eigenvalue weighted by atomic mass is 9.95. The zero-order valence-corrected chi connectivity index (χ0v) is 23.9. The number of aromatic nitrogens is 2. The van der Waals surface area contributed by atoms with E-state index in [1.165, 1.54) is 18.9 Å². The highest BCUT2D eigenvalue weighted by Crippen LogP contribution is 2.43. The fourth-order valence-corrected chi connectivity index (χ4v) is 8.20. The Morgan fingerprint density at radius 1 is 1.12 bits per heavy atom. The number of aryl methyl sites for hydroxylation is 1. The molecule has 0 spiro atoms. The highest BCUT2D eigenvalue weighted by molar-refractivity contribution is 6.16. The molecule has 0 saturated carbocycles. The second kappa shape index (κ2) is 9.77. The van der Waals surface area contributed by atoms with Crippen LogP contribution < -0.4 is 14.5 Å². The zero-order valence-electron chi connectivity index (χ0n) is 23.9. The van der Waals surface area contributed by atoms with Crippen LogP contribution in [0.1, 0.15) is 54.2 Å². The van der Waals surface area contributed by atoms with Gasteiger partial charge in [-0.25, -0.2) is 4.39 Å². The zero-order chi connectivity index (χ0) is 28.6. The van der Waals surface area contributed by atoms with Gasteiger partial charge >= 0.3 is 6.01 Å². The number of ether oxygens (including phenoxy) is 2. The lowest BCUT2D eigenvalue weighted by Gasteiger charge is -2.31. The van der Waals surface area contributed by atoms with Crippen molar-refractivity contribution in [3.05, 3.63) is 46.9 Å². The molecule has 9 nitrogen and oxygen atoms in total. The number of carbonyl (C=O) groups excluding carboxylic acids is 1. The van der Waals surface area contributed by atoms with E-state index in [1.54, 1.807) is 23.1 Å². The van der Waals surface area contributed by atoms with Crippen molar-refractivity contribution in [3.63, 3.8) is 0 Å². The van der Waals surface area contributed by atoms with Gasteiger partial charge in [0.2, 0.25) is 0 Å². The van der Waals surface area contributed by atoms with Gasteiger partial charge in [0.05, 0.1) is 36.7 Å². The van der Waals surface area contributed by atoms with Gasteiger partial charge in [0.25, 0.3) is 5.91 Å². The molecule has 4 saturated heterocycles. The fraction of sp³-hybridized carbons (Fsp3) is 0.531. The van der Waals surface area contributed by atoms with E-state index in [4.69, 9.17) is 19.4 Å². The molecule has 5 aliphatic rings. The Morgan fingerprint density at radius 3 is 2.62 bits per heavy atom. The lowest BCUT2D eigenvalue weighted by Crippen LogP contribution is -2.43. The third-order valence-electron chi connectivity index (χ3n) is 10.3. The van der Waals surface area contributed by atoms with Crippen LogP contribution in [0.15, 0.2) is 24.3 Å². The second-order valence-corrected chi connectivity index (χ2v) is 12.7. The molecule has 5 aliphatic heterocycles. The molecular weight excluding hydrogens is 537 g/mol. The van der Waals surface area contributed by atoms with Crippen LogP contribution in [0.4, 0.5) is 15.9 Å². The summed E-state index contributed by atoms with van der Waals surface area (Å²) < 4.78 is 27.1. The Bertz CT molecular complexity index is 1580. The fourth-order valence-electron chi connectivity index (χ4n) is 8.20. The van der Waals surface area contributed by atoms with Crippen LogP contribution in [-0.4, -0.2) is 77.4 Å². The summed E-state index contributed by atoms with van der Waals surface area (Å²) in [5, 5.41) is 11.9. The van der Waals surface area contributed by atoms with E-state index >= 15 is 0 Å². The third kappa shape index (κ3) is 3.98. The minimum absolute atomic E-state index is 0.0227. The molecule has 1 amide bonds. The predicted molar refractivity (Wildman–Crippen MR) is 156 cm³/mol. The number of carbonyl (C=O) groups is 1. The van der Waals surface area contributed by atoms with Crippen molar-refractivity contribution in [1.29, 1.82) is 0 Å². The number of benzene rings is 2. The van der Waals surface area contributed by atoms with Gasteiger partial charge in [0, 0.05) is 36.4 Å². The summed E-state index contributed by atoms with van der Waals surface area (Å²) in [4.78, 5) is 30.3. The number of nitrogens with zero attached hydrogens (tertiary/aromatic N) is 5. The summed E-state index contributed by atoms with van der Waals surface area (Å²) >= 11 is 0. The lowest BCUT2D eigenvalue weighted by molar-refractivity contribution is 0.0996. The van der Waals surface area contributed by atoms with Crippen molar-refractivity contribution in [2.45, 2.75) is 51.1 Å². The molecule has 0 aliphatic carbocycles. The quantitative estimate of drug-likeness (QED) is 0.467. The first-order valence-corrected chi connectivity index (χ1v) is 15.3. The van der Waals surface area contributed by atoms with E-state index < -0.39 is 0 Å². The first-order valence-electron chi connectivity index (χ1n) is 15.3. The number of amides is 1. The predicted octanol–water partition coefficient (Wildman–Crippen LogP) is 4.29. The number of phenols is 1. The minimum atomic E-state index is -0.324. The maximum Gasteiger partial charge on any atom is 0.318 e. The van der Waals surface area contributed by atoms with Crippen molar-refractivity contribution in [2.24, 2.45) is 11.8 Å². The van der Waals surface area contributed by atoms with Gasteiger partial charge in [-0.05, 0) is 68.3 Å².